The van der Waals surface area contributed by atoms with E-state index in [9.17, 15) is 22.8 Å². The van der Waals surface area contributed by atoms with Crippen molar-refractivity contribution in [3.05, 3.63) is 87.6 Å². The number of halogens is 4. The average Bonchev–Trinajstić information content (AvgIpc) is 2.84. The number of nitrogens with one attached hydrogen (secondary N) is 1. The summed E-state index contributed by atoms with van der Waals surface area (Å²) in [6.45, 7) is 9.09. The number of alkyl carbamates (subject to hydrolysis) is 1. The van der Waals surface area contributed by atoms with Gasteiger partial charge in [-0.05, 0) is 69.0 Å². The summed E-state index contributed by atoms with van der Waals surface area (Å²) in [5, 5.41) is 3.05. The standard InChI is InChI=1S/C30H32ClF3N2O3/c1-18-7-6-8-22(15-18)27-20(12-14-26(36-27)30(32,33)34)11-13-25(37)19(2)21-9-10-23(24(31)16-21)17-35-28(38)39-29(3,4)5/h6-10,12,14-16,19H,11,13,17H2,1-5H3,(H,35,38). The van der Waals surface area contributed by atoms with E-state index in [0.29, 0.717) is 27.3 Å². The minimum Gasteiger partial charge on any atom is -0.444 e. The average molecular weight is 561 g/mol. The van der Waals surface area contributed by atoms with Crippen molar-refractivity contribution in [2.45, 2.75) is 71.7 Å². The molecule has 208 valence electrons. The molecule has 0 saturated carbocycles. The Kier molecular flexibility index (Phi) is 9.43. The number of aryl methyl sites for hydroxylation is 2. The normalized spacial score (nSPS) is 12.6. The fraction of sp³-hybridized carbons (Fsp3) is 0.367. The number of pyridine rings is 1. The molecule has 3 rings (SSSR count). The van der Waals surface area contributed by atoms with E-state index >= 15 is 0 Å². The summed E-state index contributed by atoms with van der Waals surface area (Å²) in [6, 6.07) is 14.7. The Morgan fingerprint density at radius 1 is 1.03 bits per heavy atom. The van der Waals surface area contributed by atoms with Crippen molar-refractivity contribution < 1.29 is 27.5 Å². The molecule has 5 nitrogen and oxygen atoms in total. The van der Waals surface area contributed by atoms with Crippen molar-refractivity contribution in [3.8, 4) is 11.3 Å². The Labute approximate surface area is 231 Å². The molecule has 0 saturated heterocycles. The molecule has 1 amide bonds. The quantitative estimate of drug-likeness (QED) is 0.302. The van der Waals surface area contributed by atoms with Gasteiger partial charge in [-0.1, -0.05) is 60.5 Å². The summed E-state index contributed by atoms with van der Waals surface area (Å²) in [4.78, 5) is 28.9. The number of carbonyl (C=O) groups is 2. The topological polar surface area (TPSA) is 68.3 Å². The number of carbonyl (C=O) groups excluding carboxylic acids is 2. The van der Waals surface area contributed by atoms with Gasteiger partial charge in [-0.25, -0.2) is 9.78 Å². The number of ether oxygens (including phenoxy) is 1. The van der Waals surface area contributed by atoms with Gasteiger partial charge in [0.05, 0.1) is 5.69 Å². The highest BCUT2D eigenvalue weighted by atomic mass is 35.5. The van der Waals surface area contributed by atoms with E-state index in [1.807, 2.05) is 13.0 Å². The van der Waals surface area contributed by atoms with Gasteiger partial charge in [0.25, 0.3) is 0 Å². The molecule has 0 radical (unpaired) electrons. The molecule has 0 fully saturated rings. The lowest BCUT2D eigenvalue weighted by molar-refractivity contribution is -0.141. The van der Waals surface area contributed by atoms with Crippen molar-refractivity contribution in [3.63, 3.8) is 0 Å². The summed E-state index contributed by atoms with van der Waals surface area (Å²) in [7, 11) is 0. The molecule has 1 heterocycles. The molecule has 39 heavy (non-hydrogen) atoms. The molecule has 3 aromatic rings. The number of rotatable bonds is 8. The number of nitrogens with zero attached hydrogens (tertiary/aromatic N) is 1. The zero-order valence-corrected chi connectivity index (χ0v) is 23.3. The number of benzene rings is 2. The monoisotopic (exact) mass is 560 g/mol. The van der Waals surface area contributed by atoms with Crippen LogP contribution in [0.25, 0.3) is 11.3 Å². The first-order valence-electron chi connectivity index (χ1n) is 12.6. The molecule has 0 spiro atoms. The third kappa shape index (κ3) is 8.55. The second-order valence-electron chi connectivity index (χ2n) is 10.5. The second-order valence-corrected chi connectivity index (χ2v) is 10.9. The molecular weight excluding hydrogens is 529 g/mol. The Hall–Kier alpha value is -3.39. The molecule has 0 aliphatic rings. The predicted molar refractivity (Wildman–Crippen MR) is 146 cm³/mol. The SMILES string of the molecule is Cc1cccc(-c2nc(C(F)(F)F)ccc2CCC(=O)C(C)c2ccc(CNC(=O)OC(C)(C)C)c(Cl)c2)c1. The molecule has 1 N–H and O–H groups in total. The Balaban J connectivity index is 1.72. The summed E-state index contributed by atoms with van der Waals surface area (Å²) in [5.74, 6) is -0.569. The van der Waals surface area contributed by atoms with Crippen LogP contribution in [0, 0.1) is 6.92 Å². The maximum Gasteiger partial charge on any atom is 0.433 e. The van der Waals surface area contributed by atoms with E-state index in [4.69, 9.17) is 16.3 Å². The summed E-state index contributed by atoms with van der Waals surface area (Å²) in [5.41, 5.74) is 2.03. The Morgan fingerprint density at radius 3 is 2.33 bits per heavy atom. The Bertz CT molecular complexity index is 1350. The number of aromatic nitrogens is 1. The molecule has 1 atom stereocenters. The van der Waals surface area contributed by atoms with Gasteiger partial charge in [0, 0.05) is 29.5 Å². The van der Waals surface area contributed by atoms with Crippen molar-refractivity contribution in [1.29, 1.82) is 0 Å². The minimum atomic E-state index is -4.57. The molecule has 9 heteroatoms. The van der Waals surface area contributed by atoms with Crippen molar-refractivity contribution in [2.24, 2.45) is 0 Å². The first kappa shape index (κ1) is 30.2. The van der Waals surface area contributed by atoms with Gasteiger partial charge >= 0.3 is 12.3 Å². The van der Waals surface area contributed by atoms with Crippen LogP contribution in [0.15, 0.2) is 54.6 Å². The molecule has 0 aliphatic carbocycles. The molecule has 1 unspecified atom stereocenters. The van der Waals surface area contributed by atoms with Crippen LogP contribution in [0.1, 0.15) is 68.0 Å². The predicted octanol–water partition coefficient (Wildman–Crippen LogP) is 8.06. The number of hydrogen-bond donors (Lipinski definition) is 1. The smallest absolute Gasteiger partial charge is 0.433 e. The van der Waals surface area contributed by atoms with E-state index in [1.165, 1.54) is 6.07 Å². The van der Waals surface area contributed by atoms with Crippen molar-refractivity contribution in [2.75, 3.05) is 0 Å². The van der Waals surface area contributed by atoms with Crippen LogP contribution < -0.4 is 5.32 Å². The summed E-state index contributed by atoms with van der Waals surface area (Å²) in [6.07, 6.45) is -4.78. The van der Waals surface area contributed by atoms with Crippen LogP contribution in [-0.2, 0) is 28.7 Å². The van der Waals surface area contributed by atoms with E-state index in [1.54, 1.807) is 64.1 Å². The highest BCUT2D eigenvalue weighted by molar-refractivity contribution is 6.31. The first-order valence-corrected chi connectivity index (χ1v) is 12.9. The van der Waals surface area contributed by atoms with Crippen molar-refractivity contribution >= 4 is 23.5 Å². The largest absolute Gasteiger partial charge is 0.444 e. The molecule has 0 aliphatic heterocycles. The van der Waals surface area contributed by atoms with E-state index in [2.05, 4.69) is 10.3 Å². The zero-order chi connectivity index (χ0) is 29.0. The Morgan fingerprint density at radius 2 is 1.72 bits per heavy atom. The lowest BCUT2D eigenvalue weighted by atomic mass is 9.91. The van der Waals surface area contributed by atoms with Gasteiger partial charge < -0.3 is 10.1 Å². The molecule has 1 aromatic heterocycles. The number of amides is 1. The highest BCUT2D eigenvalue weighted by Gasteiger charge is 2.33. The highest BCUT2D eigenvalue weighted by Crippen LogP contribution is 2.32. The van der Waals surface area contributed by atoms with Crippen LogP contribution in [0.3, 0.4) is 0 Å². The molecular formula is C30H32ClF3N2O3. The van der Waals surface area contributed by atoms with Gasteiger partial charge in [0.15, 0.2) is 0 Å². The van der Waals surface area contributed by atoms with E-state index in [-0.39, 0.29) is 30.9 Å². The van der Waals surface area contributed by atoms with Gasteiger partial charge in [0.1, 0.15) is 17.1 Å². The van der Waals surface area contributed by atoms with Gasteiger partial charge in [-0.2, -0.15) is 13.2 Å². The maximum atomic E-state index is 13.4. The number of alkyl halides is 3. The lowest BCUT2D eigenvalue weighted by Gasteiger charge is -2.20. The fourth-order valence-corrected chi connectivity index (χ4v) is 4.26. The fourth-order valence-electron chi connectivity index (χ4n) is 4.01. The van der Waals surface area contributed by atoms with E-state index in [0.717, 1.165) is 11.6 Å². The maximum absolute atomic E-state index is 13.4. The van der Waals surface area contributed by atoms with Gasteiger partial charge in [0.2, 0.25) is 0 Å². The lowest BCUT2D eigenvalue weighted by Crippen LogP contribution is -2.32. The third-order valence-electron chi connectivity index (χ3n) is 6.08. The van der Waals surface area contributed by atoms with Crippen LogP contribution >= 0.6 is 11.6 Å². The second kappa shape index (κ2) is 12.2. The number of ketones is 1. The minimum absolute atomic E-state index is 0.0826. The van der Waals surface area contributed by atoms with Crippen LogP contribution in [-0.4, -0.2) is 22.5 Å². The van der Waals surface area contributed by atoms with Crippen LogP contribution in [0.4, 0.5) is 18.0 Å². The number of hydrogen-bond acceptors (Lipinski definition) is 4. The van der Waals surface area contributed by atoms with Crippen LogP contribution in [0.2, 0.25) is 5.02 Å². The molecule has 0 bridgehead atoms. The molecule has 2 aromatic carbocycles. The first-order chi connectivity index (χ1) is 18.1. The third-order valence-corrected chi connectivity index (χ3v) is 6.44. The van der Waals surface area contributed by atoms with Crippen LogP contribution in [0.5, 0.6) is 0 Å². The van der Waals surface area contributed by atoms with Crippen molar-refractivity contribution in [1.82, 2.24) is 10.3 Å². The van der Waals surface area contributed by atoms with Gasteiger partial charge in [-0.15, -0.1) is 0 Å². The summed E-state index contributed by atoms with van der Waals surface area (Å²) >= 11 is 6.42. The summed E-state index contributed by atoms with van der Waals surface area (Å²) < 4.78 is 45.3. The number of Topliss-reactive ketones (excluding diaryl/α,β-unsaturated/α-hetero) is 1. The zero-order valence-electron chi connectivity index (χ0n) is 22.6. The van der Waals surface area contributed by atoms with Gasteiger partial charge in [-0.3, -0.25) is 4.79 Å². The van der Waals surface area contributed by atoms with E-state index < -0.39 is 29.5 Å².